The predicted octanol–water partition coefficient (Wildman–Crippen LogP) is 2.02. The van der Waals surface area contributed by atoms with Crippen molar-refractivity contribution in [3.05, 3.63) is 41.6 Å². The van der Waals surface area contributed by atoms with Gasteiger partial charge in [0.05, 0.1) is 5.71 Å². The van der Waals surface area contributed by atoms with E-state index in [4.69, 9.17) is 14.7 Å². The molecule has 1 fully saturated rings. The fourth-order valence-corrected chi connectivity index (χ4v) is 1.80. The van der Waals surface area contributed by atoms with Gasteiger partial charge in [0.2, 0.25) is 0 Å². The number of oxime groups is 1. The van der Waals surface area contributed by atoms with E-state index in [9.17, 15) is 9.59 Å². The van der Waals surface area contributed by atoms with Crippen molar-refractivity contribution in [2.75, 3.05) is 5.32 Å². The maximum atomic E-state index is 11.7. The third-order valence-corrected chi connectivity index (χ3v) is 2.95. The number of nitrogens with one attached hydrogen (secondary N) is 1. The molecule has 0 saturated carbocycles. The zero-order valence-corrected chi connectivity index (χ0v) is 12.4. The minimum Gasteiger partial charge on any atom is -0.419 e. The van der Waals surface area contributed by atoms with Crippen LogP contribution in [-0.2, 0) is 19.1 Å². The summed E-state index contributed by atoms with van der Waals surface area (Å²) in [6.07, 6.45) is 1.24. The molecule has 0 bridgehead atoms. The van der Waals surface area contributed by atoms with Crippen LogP contribution in [0.2, 0.25) is 0 Å². The summed E-state index contributed by atoms with van der Waals surface area (Å²) in [7, 11) is 0. The molecule has 1 saturated heterocycles. The monoisotopic (exact) mass is 304 g/mol. The number of nitrogens with zero attached hydrogens (tertiary/aromatic N) is 1. The number of ether oxygens (including phenoxy) is 2. The number of carbonyl (C=O) groups is 2. The van der Waals surface area contributed by atoms with Crippen LogP contribution in [0.15, 0.2) is 41.2 Å². The second-order valence-corrected chi connectivity index (χ2v) is 5.14. The highest BCUT2D eigenvalue weighted by Gasteiger charge is 2.38. The fraction of sp³-hybridized carbons (Fsp3) is 0.267. The van der Waals surface area contributed by atoms with Crippen LogP contribution in [0.1, 0.15) is 26.3 Å². The molecular formula is C15H16N2O5. The number of hydrogen-bond donors (Lipinski definition) is 2. The van der Waals surface area contributed by atoms with Gasteiger partial charge in [0.15, 0.2) is 5.57 Å². The summed E-state index contributed by atoms with van der Waals surface area (Å²) in [6, 6.07) is 6.89. The Morgan fingerprint density at radius 2 is 1.73 bits per heavy atom. The van der Waals surface area contributed by atoms with E-state index >= 15 is 0 Å². The normalized spacial score (nSPS) is 17.6. The standard InChI is InChI=1S/C15H16N2O5/c1-9(17-20)10-4-6-11(7-5-10)16-8-12-13(18)21-15(2,3)22-14(12)19/h4-8,16,20H,1-3H3/b17-9+. The van der Waals surface area contributed by atoms with Crippen LogP contribution < -0.4 is 5.32 Å². The number of anilines is 1. The van der Waals surface area contributed by atoms with Crippen LogP contribution in [0.3, 0.4) is 0 Å². The van der Waals surface area contributed by atoms with Crippen molar-refractivity contribution < 1.29 is 24.3 Å². The summed E-state index contributed by atoms with van der Waals surface area (Å²) in [6.45, 7) is 4.63. The maximum absolute atomic E-state index is 11.7. The van der Waals surface area contributed by atoms with E-state index in [0.29, 0.717) is 11.4 Å². The Kier molecular flexibility index (Phi) is 4.16. The van der Waals surface area contributed by atoms with Crippen LogP contribution in [0.4, 0.5) is 5.69 Å². The molecule has 1 aliphatic rings. The Morgan fingerprint density at radius 1 is 1.18 bits per heavy atom. The number of esters is 2. The molecule has 0 aliphatic carbocycles. The fourth-order valence-electron chi connectivity index (χ4n) is 1.80. The first kappa shape index (κ1) is 15.6. The Morgan fingerprint density at radius 3 is 2.23 bits per heavy atom. The lowest BCUT2D eigenvalue weighted by Crippen LogP contribution is -2.42. The summed E-state index contributed by atoms with van der Waals surface area (Å²) < 4.78 is 9.95. The van der Waals surface area contributed by atoms with Gasteiger partial charge in [-0.05, 0) is 24.6 Å². The highest BCUT2D eigenvalue weighted by Crippen LogP contribution is 2.22. The summed E-state index contributed by atoms with van der Waals surface area (Å²) in [5.41, 5.74) is 1.66. The zero-order valence-electron chi connectivity index (χ0n) is 12.4. The second kappa shape index (κ2) is 5.88. The van der Waals surface area contributed by atoms with Crippen LogP contribution >= 0.6 is 0 Å². The molecule has 0 aromatic heterocycles. The average Bonchev–Trinajstić information content (AvgIpc) is 2.45. The van der Waals surface area contributed by atoms with Gasteiger partial charge in [-0.15, -0.1) is 0 Å². The molecule has 22 heavy (non-hydrogen) atoms. The van der Waals surface area contributed by atoms with Crippen molar-refractivity contribution in [1.82, 2.24) is 0 Å². The van der Waals surface area contributed by atoms with Crippen molar-refractivity contribution >= 4 is 23.3 Å². The molecule has 0 radical (unpaired) electrons. The molecule has 7 nitrogen and oxygen atoms in total. The van der Waals surface area contributed by atoms with E-state index in [1.165, 1.54) is 20.0 Å². The first-order valence-corrected chi connectivity index (χ1v) is 6.55. The highest BCUT2D eigenvalue weighted by atomic mass is 16.7. The van der Waals surface area contributed by atoms with Gasteiger partial charge in [-0.1, -0.05) is 17.3 Å². The lowest BCUT2D eigenvalue weighted by atomic mass is 10.1. The maximum Gasteiger partial charge on any atom is 0.350 e. The Bertz CT molecular complexity index is 637. The first-order chi connectivity index (χ1) is 10.3. The Labute approximate surface area is 127 Å². The van der Waals surface area contributed by atoms with Gasteiger partial charge in [0.1, 0.15) is 0 Å². The molecule has 7 heteroatoms. The molecule has 1 aromatic carbocycles. The number of benzene rings is 1. The van der Waals surface area contributed by atoms with Gasteiger partial charge >= 0.3 is 11.9 Å². The molecule has 2 rings (SSSR count). The molecule has 2 N–H and O–H groups in total. The first-order valence-electron chi connectivity index (χ1n) is 6.55. The Balaban J connectivity index is 2.11. The number of carbonyl (C=O) groups excluding carboxylic acids is 2. The van der Waals surface area contributed by atoms with Crippen molar-refractivity contribution in [2.24, 2.45) is 5.16 Å². The summed E-state index contributed by atoms with van der Waals surface area (Å²) in [5.74, 6) is -2.74. The van der Waals surface area contributed by atoms with Crippen molar-refractivity contribution in [1.29, 1.82) is 0 Å². The van der Waals surface area contributed by atoms with Crippen LogP contribution in [-0.4, -0.2) is 28.6 Å². The summed E-state index contributed by atoms with van der Waals surface area (Å²) >= 11 is 0. The predicted molar refractivity (Wildman–Crippen MR) is 78.4 cm³/mol. The quantitative estimate of drug-likeness (QED) is 0.221. The van der Waals surface area contributed by atoms with E-state index in [-0.39, 0.29) is 5.57 Å². The van der Waals surface area contributed by atoms with Crippen LogP contribution in [0.5, 0.6) is 0 Å². The molecular weight excluding hydrogens is 288 g/mol. The SMILES string of the molecule is C/C(=N\O)c1ccc(NC=C2C(=O)OC(C)(C)OC2=O)cc1. The van der Waals surface area contributed by atoms with E-state index < -0.39 is 17.7 Å². The minimum atomic E-state index is -1.26. The van der Waals surface area contributed by atoms with E-state index in [2.05, 4.69) is 10.5 Å². The number of cyclic esters (lactones) is 2. The summed E-state index contributed by atoms with van der Waals surface area (Å²) in [4.78, 5) is 23.5. The van der Waals surface area contributed by atoms with Gasteiger partial charge < -0.3 is 20.0 Å². The number of rotatable bonds is 3. The molecule has 0 amide bonds. The zero-order chi connectivity index (χ0) is 16.3. The van der Waals surface area contributed by atoms with Crippen molar-refractivity contribution in [3.63, 3.8) is 0 Å². The van der Waals surface area contributed by atoms with Crippen LogP contribution in [0, 0.1) is 0 Å². The van der Waals surface area contributed by atoms with Gasteiger partial charge in [-0.3, -0.25) is 0 Å². The third kappa shape index (κ3) is 3.43. The third-order valence-electron chi connectivity index (χ3n) is 2.95. The molecule has 1 heterocycles. The highest BCUT2D eigenvalue weighted by molar-refractivity contribution is 6.15. The Hall–Kier alpha value is -2.83. The van der Waals surface area contributed by atoms with Crippen molar-refractivity contribution in [2.45, 2.75) is 26.6 Å². The van der Waals surface area contributed by atoms with E-state index in [1.807, 2.05) is 0 Å². The topological polar surface area (TPSA) is 97.2 Å². The molecule has 0 unspecified atom stereocenters. The molecule has 0 spiro atoms. The van der Waals surface area contributed by atoms with Gasteiger partial charge in [0, 0.05) is 25.7 Å². The van der Waals surface area contributed by atoms with E-state index in [0.717, 1.165) is 5.56 Å². The van der Waals surface area contributed by atoms with Gasteiger partial charge in [-0.25, -0.2) is 9.59 Å². The number of hydrogen-bond acceptors (Lipinski definition) is 7. The molecule has 116 valence electrons. The van der Waals surface area contributed by atoms with Crippen LogP contribution in [0.25, 0.3) is 0 Å². The summed E-state index contributed by atoms with van der Waals surface area (Å²) in [5, 5.41) is 14.6. The average molecular weight is 304 g/mol. The van der Waals surface area contributed by atoms with Crippen molar-refractivity contribution in [3.8, 4) is 0 Å². The minimum absolute atomic E-state index is 0.212. The lowest BCUT2D eigenvalue weighted by Gasteiger charge is -2.29. The smallest absolute Gasteiger partial charge is 0.350 e. The van der Waals surface area contributed by atoms with Gasteiger partial charge in [-0.2, -0.15) is 0 Å². The lowest BCUT2D eigenvalue weighted by molar-refractivity contribution is -0.222. The molecule has 1 aliphatic heterocycles. The second-order valence-electron chi connectivity index (χ2n) is 5.14. The largest absolute Gasteiger partial charge is 0.419 e. The molecule has 0 atom stereocenters. The van der Waals surface area contributed by atoms with E-state index in [1.54, 1.807) is 31.2 Å². The van der Waals surface area contributed by atoms with Gasteiger partial charge in [0.25, 0.3) is 5.79 Å². The molecule has 1 aromatic rings.